The number of anilines is 1. The minimum atomic E-state index is -4.38. The molecule has 0 spiro atoms. The van der Waals surface area contributed by atoms with Crippen LogP contribution in [0.5, 0.6) is 0 Å². The fourth-order valence-corrected chi connectivity index (χ4v) is 2.34. The molecular formula is C14H19F3N4O2. The summed E-state index contributed by atoms with van der Waals surface area (Å²) < 4.78 is 37.7. The lowest BCUT2D eigenvalue weighted by Crippen LogP contribution is -2.34. The van der Waals surface area contributed by atoms with Crippen LogP contribution in [0.1, 0.15) is 20.3 Å². The van der Waals surface area contributed by atoms with Crippen molar-refractivity contribution in [1.82, 2.24) is 15.1 Å². The quantitative estimate of drug-likeness (QED) is 0.890. The number of hydrogen-bond acceptors (Lipinski definition) is 3. The third kappa shape index (κ3) is 4.70. The van der Waals surface area contributed by atoms with Crippen LogP contribution in [0.15, 0.2) is 12.4 Å². The van der Waals surface area contributed by atoms with E-state index in [1.165, 1.54) is 17.3 Å². The van der Waals surface area contributed by atoms with Gasteiger partial charge in [-0.25, -0.2) is 0 Å². The van der Waals surface area contributed by atoms with Gasteiger partial charge in [-0.2, -0.15) is 18.3 Å². The van der Waals surface area contributed by atoms with E-state index in [1.807, 2.05) is 13.8 Å². The van der Waals surface area contributed by atoms with Crippen molar-refractivity contribution in [3.63, 3.8) is 0 Å². The molecule has 128 valence electrons. The van der Waals surface area contributed by atoms with Crippen molar-refractivity contribution >= 4 is 17.5 Å². The molecule has 9 heteroatoms. The van der Waals surface area contributed by atoms with Crippen LogP contribution in [0.2, 0.25) is 0 Å². The second-order valence-electron chi connectivity index (χ2n) is 6.06. The number of carbonyl (C=O) groups is 2. The molecule has 1 atom stereocenters. The summed E-state index contributed by atoms with van der Waals surface area (Å²) in [7, 11) is 0. The molecule has 23 heavy (non-hydrogen) atoms. The normalized spacial score (nSPS) is 18.8. The number of aromatic nitrogens is 2. The van der Waals surface area contributed by atoms with Gasteiger partial charge in [0.1, 0.15) is 6.54 Å². The molecule has 0 saturated carbocycles. The van der Waals surface area contributed by atoms with Gasteiger partial charge in [0.25, 0.3) is 0 Å². The number of amides is 2. The molecule has 6 nitrogen and oxygen atoms in total. The summed E-state index contributed by atoms with van der Waals surface area (Å²) in [5.74, 6) is -0.696. The van der Waals surface area contributed by atoms with Gasteiger partial charge in [-0.15, -0.1) is 0 Å². The van der Waals surface area contributed by atoms with E-state index < -0.39 is 18.6 Å². The summed E-state index contributed by atoms with van der Waals surface area (Å²) in [4.78, 5) is 25.3. The minimum absolute atomic E-state index is 0.0500. The summed E-state index contributed by atoms with van der Waals surface area (Å²) in [6, 6.07) is 0. The molecule has 2 heterocycles. The Labute approximate surface area is 131 Å². The van der Waals surface area contributed by atoms with Crippen LogP contribution >= 0.6 is 0 Å². The number of carbonyl (C=O) groups excluding carboxylic acids is 2. The molecule has 1 fully saturated rings. The summed E-state index contributed by atoms with van der Waals surface area (Å²) in [6.45, 7) is 3.38. The van der Waals surface area contributed by atoms with Gasteiger partial charge in [0.15, 0.2) is 0 Å². The van der Waals surface area contributed by atoms with E-state index in [0.29, 0.717) is 12.5 Å². The monoisotopic (exact) mass is 332 g/mol. The molecule has 0 unspecified atom stereocenters. The Kier molecular flexibility index (Phi) is 4.96. The summed E-state index contributed by atoms with van der Waals surface area (Å²) in [5, 5.41) is 6.38. The first-order chi connectivity index (χ1) is 10.7. The first-order valence-corrected chi connectivity index (χ1v) is 7.33. The Balaban J connectivity index is 1.99. The molecule has 1 N–H and O–H groups in total. The first-order valence-electron chi connectivity index (χ1n) is 7.33. The number of rotatable bonds is 5. The summed E-state index contributed by atoms with van der Waals surface area (Å²) in [5.41, 5.74) is 0.276. The summed E-state index contributed by atoms with van der Waals surface area (Å²) >= 11 is 0. The highest BCUT2D eigenvalue weighted by molar-refractivity contribution is 6.00. The SMILES string of the molecule is CC(C)CNC(=O)[C@H]1CC(=O)N(c2cnn(CC(F)(F)F)c2)C1. The predicted molar refractivity (Wildman–Crippen MR) is 76.6 cm³/mol. The molecule has 2 rings (SSSR count). The second kappa shape index (κ2) is 6.59. The van der Waals surface area contributed by atoms with Crippen LogP contribution in [0.25, 0.3) is 0 Å². The average Bonchev–Trinajstić information content (AvgIpc) is 3.00. The van der Waals surface area contributed by atoms with Gasteiger partial charge in [0.2, 0.25) is 11.8 Å². The van der Waals surface area contributed by atoms with E-state index in [2.05, 4.69) is 10.4 Å². The van der Waals surface area contributed by atoms with Crippen molar-refractivity contribution in [1.29, 1.82) is 0 Å². The van der Waals surface area contributed by atoms with Crippen molar-refractivity contribution < 1.29 is 22.8 Å². The van der Waals surface area contributed by atoms with Gasteiger partial charge in [0.05, 0.1) is 17.8 Å². The summed E-state index contributed by atoms with van der Waals surface area (Å²) in [6.07, 6.45) is -1.95. The maximum Gasteiger partial charge on any atom is 0.408 e. The molecule has 0 aromatic carbocycles. The van der Waals surface area contributed by atoms with Gasteiger partial charge in [-0.1, -0.05) is 13.8 Å². The Morgan fingerprint density at radius 1 is 1.48 bits per heavy atom. The largest absolute Gasteiger partial charge is 0.408 e. The number of halogens is 3. The van der Waals surface area contributed by atoms with Crippen LogP contribution in [-0.4, -0.2) is 40.9 Å². The molecule has 1 aliphatic rings. The molecule has 1 aromatic rings. The zero-order valence-electron chi connectivity index (χ0n) is 12.9. The topological polar surface area (TPSA) is 67.2 Å². The number of nitrogens with one attached hydrogen (secondary N) is 1. The Morgan fingerprint density at radius 2 is 2.17 bits per heavy atom. The highest BCUT2D eigenvalue weighted by Gasteiger charge is 2.36. The zero-order valence-corrected chi connectivity index (χ0v) is 12.9. The molecule has 1 aromatic heterocycles. The van der Waals surface area contributed by atoms with E-state index in [1.54, 1.807) is 0 Å². The lowest BCUT2D eigenvalue weighted by atomic mass is 10.1. The Bertz CT molecular complexity index is 583. The lowest BCUT2D eigenvalue weighted by Gasteiger charge is -2.15. The minimum Gasteiger partial charge on any atom is -0.356 e. The van der Waals surface area contributed by atoms with Crippen molar-refractivity contribution in [2.75, 3.05) is 18.0 Å². The van der Waals surface area contributed by atoms with Gasteiger partial charge in [-0.3, -0.25) is 14.3 Å². The third-order valence-electron chi connectivity index (χ3n) is 3.45. The smallest absolute Gasteiger partial charge is 0.356 e. The van der Waals surface area contributed by atoms with Crippen molar-refractivity contribution in [3.8, 4) is 0 Å². The van der Waals surface area contributed by atoms with Crippen LogP contribution in [0.4, 0.5) is 18.9 Å². The number of nitrogens with zero attached hydrogens (tertiary/aromatic N) is 3. The fraction of sp³-hybridized carbons (Fsp3) is 0.643. The maximum absolute atomic E-state index is 12.3. The highest BCUT2D eigenvalue weighted by Crippen LogP contribution is 2.26. The molecular weight excluding hydrogens is 313 g/mol. The Hall–Kier alpha value is -2.06. The van der Waals surface area contributed by atoms with Crippen LogP contribution in [-0.2, 0) is 16.1 Å². The molecule has 0 bridgehead atoms. The Morgan fingerprint density at radius 3 is 2.78 bits per heavy atom. The van der Waals surface area contributed by atoms with Crippen molar-refractivity contribution in [2.45, 2.75) is 33.0 Å². The van der Waals surface area contributed by atoms with Gasteiger partial charge < -0.3 is 10.2 Å². The van der Waals surface area contributed by atoms with E-state index in [4.69, 9.17) is 0 Å². The molecule has 0 radical (unpaired) electrons. The molecule has 1 saturated heterocycles. The number of hydrogen-bond donors (Lipinski definition) is 1. The van der Waals surface area contributed by atoms with Gasteiger partial charge in [0, 0.05) is 25.7 Å². The molecule has 0 aliphatic carbocycles. The van der Waals surface area contributed by atoms with Crippen molar-refractivity contribution in [3.05, 3.63) is 12.4 Å². The fourth-order valence-electron chi connectivity index (χ4n) is 2.34. The average molecular weight is 332 g/mol. The molecule has 1 aliphatic heterocycles. The standard InChI is InChI=1S/C14H19F3N4O2/c1-9(2)4-18-13(23)10-3-12(22)21(6-10)11-5-19-20(7-11)8-14(15,16)17/h5,7,9-10H,3-4,6,8H2,1-2H3,(H,18,23)/t10-/m0/s1. The molecule has 2 amide bonds. The maximum atomic E-state index is 12.3. The zero-order chi connectivity index (χ0) is 17.2. The first kappa shape index (κ1) is 17.3. The van der Waals surface area contributed by atoms with Crippen LogP contribution in [0.3, 0.4) is 0 Å². The highest BCUT2D eigenvalue weighted by atomic mass is 19.4. The van der Waals surface area contributed by atoms with Crippen LogP contribution in [0, 0.1) is 11.8 Å². The number of alkyl halides is 3. The lowest BCUT2D eigenvalue weighted by molar-refractivity contribution is -0.142. The van der Waals surface area contributed by atoms with Crippen LogP contribution < -0.4 is 10.2 Å². The third-order valence-corrected chi connectivity index (χ3v) is 3.45. The second-order valence-corrected chi connectivity index (χ2v) is 6.06. The van der Waals surface area contributed by atoms with E-state index in [-0.39, 0.29) is 30.5 Å². The van der Waals surface area contributed by atoms with E-state index in [0.717, 1.165) is 4.68 Å². The van der Waals surface area contributed by atoms with Gasteiger partial charge in [-0.05, 0) is 5.92 Å². The van der Waals surface area contributed by atoms with Gasteiger partial charge >= 0.3 is 6.18 Å². The van der Waals surface area contributed by atoms with E-state index in [9.17, 15) is 22.8 Å². The van der Waals surface area contributed by atoms with E-state index >= 15 is 0 Å². The predicted octanol–water partition coefficient (Wildman–Crippen LogP) is 1.57. The van der Waals surface area contributed by atoms with Crippen molar-refractivity contribution in [2.24, 2.45) is 11.8 Å².